The molecule has 2 aromatic carbocycles. The van der Waals surface area contributed by atoms with Crippen LogP contribution in [0.4, 0.5) is 32.0 Å². The van der Waals surface area contributed by atoms with Crippen molar-refractivity contribution in [2.45, 2.75) is 6.18 Å². The van der Waals surface area contributed by atoms with Crippen LogP contribution in [0.15, 0.2) is 33.7 Å². The second-order valence-corrected chi connectivity index (χ2v) is 5.16. The minimum Gasteiger partial charge on any atom is -0.448 e. The Labute approximate surface area is 138 Å². The monoisotopic (exact) mass is 411 g/mol. The number of isocyanates is 1. The van der Waals surface area contributed by atoms with Crippen LogP contribution in [0.2, 0.25) is 0 Å². The van der Waals surface area contributed by atoms with Gasteiger partial charge in [0.1, 0.15) is 11.5 Å². The van der Waals surface area contributed by atoms with Crippen LogP contribution >= 0.6 is 15.9 Å². The van der Waals surface area contributed by atoms with Crippen molar-refractivity contribution < 1.29 is 35.9 Å². The first-order valence-electron chi connectivity index (χ1n) is 5.94. The van der Waals surface area contributed by atoms with Gasteiger partial charge in [0, 0.05) is 6.07 Å². The molecule has 0 atom stereocenters. The lowest BCUT2D eigenvalue weighted by atomic mass is 10.2. The minimum atomic E-state index is -4.95. The smallest absolute Gasteiger partial charge is 0.416 e. The SMILES string of the molecule is O=C=Nc1cc(F)cc(Br)c1Oc1c(F)cc(C(F)(F)F)cc1F. The summed E-state index contributed by atoms with van der Waals surface area (Å²) in [5.74, 6) is -5.77. The van der Waals surface area contributed by atoms with Crippen molar-refractivity contribution in [3.63, 3.8) is 0 Å². The van der Waals surface area contributed by atoms with E-state index in [9.17, 15) is 31.1 Å². The van der Waals surface area contributed by atoms with Crippen LogP contribution in [0, 0.1) is 17.5 Å². The molecule has 0 saturated heterocycles. The third-order valence-corrected chi connectivity index (χ3v) is 3.27. The van der Waals surface area contributed by atoms with Crippen molar-refractivity contribution >= 4 is 27.7 Å². The molecule has 0 radical (unpaired) electrons. The first-order valence-corrected chi connectivity index (χ1v) is 6.73. The van der Waals surface area contributed by atoms with Gasteiger partial charge in [0.2, 0.25) is 6.08 Å². The maximum absolute atomic E-state index is 13.8. The summed E-state index contributed by atoms with van der Waals surface area (Å²) in [5.41, 5.74) is -2.01. The summed E-state index contributed by atoms with van der Waals surface area (Å²) in [6, 6.07) is 1.64. The van der Waals surface area contributed by atoms with Gasteiger partial charge >= 0.3 is 6.18 Å². The molecule has 2 rings (SSSR count). The Morgan fingerprint density at radius 3 is 2.08 bits per heavy atom. The van der Waals surface area contributed by atoms with Gasteiger partial charge in [-0.1, -0.05) is 0 Å². The normalized spacial score (nSPS) is 11.1. The van der Waals surface area contributed by atoms with Crippen molar-refractivity contribution in [2.75, 3.05) is 0 Å². The Bertz CT molecular complexity index is 823. The van der Waals surface area contributed by atoms with Crippen molar-refractivity contribution in [3.8, 4) is 11.5 Å². The van der Waals surface area contributed by atoms with E-state index in [0.29, 0.717) is 6.07 Å². The molecule has 126 valence electrons. The highest BCUT2D eigenvalue weighted by Crippen LogP contribution is 2.42. The Balaban J connectivity index is 2.55. The third kappa shape index (κ3) is 3.77. The highest BCUT2D eigenvalue weighted by molar-refractivity contribution is 9.10. The number of hydrogen-bond acceptors (Lipinski definition) is 3. The summed E-state index contributed by atoms with van der Waals surface area (Å²) in [6.07, 6.45) is -3.86. The Hall–Kier alpha value is -2.32. The molecule has 24 heavy (non-hydrogen) atoms. The molecule has 0 aromatic heterocycles. The summed E-state index contributed by atoms with van der Waals surface area (Å²) in [6.45, 7) is 0. The van der Waals surface area contributed by atoms with Gasteiger partial charge < -0.3 is 4.74 Å². The number of rotatable bonds is 3. The molecular weight excluding hydrogens is 408 g/mol. The van der Waals surface area contributed by atoms with Crippen LogP contribution in [0.25, 0.3) is 0 Å². The zero-order valence-electron chi connectivity index (χ0n) is 11.2. The zero-order chi connectivity index (χ0) is 18.1. The van der Waals surface area contributed by atoms with E-state index in [1.807, 2.05) is 0 Å². The lowest BCUT2D eigenvalue weighted by molar-refractivity contribution is -0.138. The predicted octanol–water partition coefficient (Wildman–Crippen LogP) is 5.64. The maximum Gasteiger partial charge on any atom is 0.416 e. The van der Waals surface area contributed by atoms with Gasteiger partial charge in [-0.2, -0.15) is 18.2 Å². The van der Waals surface area contributed by atoms with E-state index in [1.54, 1.807) is 0 Å². The number of benzene rings is 2. The fraction of sp³-hybridized carbons (Fsp3) is 0.0714. The van der Waals surface area contributed by atoms with Gasteiger partial charge in [0.05, 0.1) is 10.0 Å². The third-order valence-electron chi connectivity index (χ3n) is 2.68. The van der Waals surface area contributed by atoms with E-state index in [1.165, 1.54) is 0 Å². The van der Waals surface area contributed by atoms with Crippen molar-refractivity contribution in [2.24, 2.45) is 4.99 Å². The van der Waals surface area contributed by atoms with Crippen LogP contribution in [0.1, 0.15) is 5.56 Å². The van der Waals surface area contributed by atoms with E-state index in [0.717, 1.165) is 12.1 Å². The summed E-state index contributed by atoms with van der Waals surface area (Å²) in [4.78, 5) is 13.4. The minimum absolute atomic E-state index is 0.0402. The number of ether oxygens (including phenoxy) is 1. The average molecular weight is 412 g/mol. The molecule has 0 bridgehead atoms. The van der Waals surface area contributed by atoms with Gasteiger partial charge in [0.15, 0.2) is 23.1 Å². The topological polar surface area (TPSA) is 38.7 Å². The van der Waals surface area contributed by atoms with E-state index in [-0.39, 0.29) is 16.6 Å². The second kappa shape index (κ2) is 6.66. The quantitative estimate of drug-likeness (QED) is 0.372. The van der Waals surface area contributed by atoms with Crippen LogP contribution in [-0.2, 0) is 11.0 Å². The summed E-state index contributed by atoms with van der Waals surface area (Å²) < 4.78 is 83.0. The number of nitrogens with zero attached hydrogens (tertiary/aromatic N) is 1. The van der Waals surface area contributed by atoms with Gasteiger partial charge in [-0.15, -0.1) is 0 Å². The molecule has 0 fully saturated rings. The second-order valence-electron chi connectivity index (χ2n) is 4.31. The summed E-state index contributed by atoms with van der Waals surface area (Å²) in [5, 5.41) is 0. The van der Waals surface area contributed by atoms with Gasteiger partial charge in [0.25, 0.3) is 0 Å². The highest BCUT2D eigenvalue weighted by Gasteiger charge is 2.33. The fourth-order valence-corrected chi connectivity index (χ4v) is 2.21. The molecule has 0 aliphatic rings. The molecule has 0 aliphatic carbocycles. The molecule has 0 heterocycles. The number of hydrogen-bond donors (Lipinski definition) is 0. The van der Waals surface area contributed by atoms with E-state index in [2.05, 4.69) is 20.9 Å². The molecule has 3 nitrogen and oxygen atoms in total. The highest BCUT2D eigenvalue weighted by atomic mass is 79.9. The van der Waals surface area contributed by atoms with Crippen molar-refractivity contribution in [3.05, 3.63) is 51.8 Å². The van der Waals surface area contributed by atoms with Crippen molar-refractivity contribution in [1.82, 2.24) is 0 Å². The van der Waals surface area contributed by atoms with Crippen LogP contribution in [0.3, 0.4) is 0 Å². The number of carbonyl (C=O) groups excluding carboxylic acids is 1. The molecule has 0 spiro atoms. The maximum atomic E-state index is 13.8. The largest absolute Gasteiger partial charge is 0.448 e. The van der Waals surface area contributed by atoms with E-state index >= 15 is 0 Å². The Kier molecular flexibility index (Phi) is 5.00. The molecule has 0 aliphatic heterocycles. The molecule has 0 unspecified atom stereocenters. The fourth-order valence-electron chi connectivity index (χ4n) is 1.70. The van der Waals surface area contributed by atoms with Crippen LogP contribution in [-0.4, -0.2) is 6.08 Å². The summed E-state index contributed by atoms with van der Waals surface area (Å²) >= 11 is 2.84. The average Bonchev–Trinajstić information content (AvgIpc) is 2.44. The lowest BCUT2D eigenvalue weighted by Gasteiger charge is -2.13. The molecule has 0 N–H and O–H groups in total. The number of alkyl halides is 3. The van der Waals surface area contributed by atoms with Crippen molar-refractivity contribution in [1.29, 1.82) is 0 Å². The van der Waals surface area contributed by atoms with E-state index in [4.69, 9.17) is 4.74 Å². The Morgan fingerprint density at radius 1 is 1.00 bits per heavy atom. The van der Waals surface area contributed by atoms with Gasteiger partial charge in [-0.3, -0.25) is 0 Å². The molecule has 2 aromatic rings. The molecular formula is C14H4BrF6NO2. The number of aliphatic imine (C=N–C) groups is 1. The Morgan fingerprint density at radius 2 is 1.58 bits per heavy atom. The molecule has 0 saturated carbocycles. The molecule has 10 heteroatoms. The first kappa shape index (κ1) is 18.0. The van der Waals surface area contributed by atoms with Gasteiger partial charge in [-0.05, 0) is 34.1 Å². The summed E-state index contributed by atoms with van der Waals surface area (Å²) in [7, 11) is 0. The number of halogens is 7. The van der Waals surface area contributed by atoms with Crippen LogP contribution in [0.5, 0.6) is 11.5 Å². The zero-order valence-corrected chi connectivity index (χ0v) is 12.8. The van der Waals surface area contributed by atoms with Gasteiger partial charge in [-0.25, -0.2) is 18.0 Å². The first-order chi connectivity index (χ1) is 11.1. The lowest BCUT2D eigenvalue weighted by Crippen LogP contribution is -2.07. The molecule has 0 amide bonds. The van der Waals surface area contributed by atoms with Crippen LogP contribution < -0.4 is 4.74 Å². The van der Waals surface area contributed by atoms with E-state index < -0.39 is 46.4 Å². The standard InChI is InChI=1S/C14H4BrF6NO2/c15-8-3-7(16)4-11(22-5-23)12(8)24-13-9(17)1-6(2-10(13)18)14(19,20)21/h1-4H. The predicted molar refractivity (Wildman–Crippen MR) is 73.3 cm³/mol.